The lowest BCUT2D eigenvalue weighted by Gasteiger charge is -2.11. The van der Waals surface area contributed by atoms with Gasteiger partial charge in [0, 0.05) is 30.3 Å². The van der Waals surface area contributed by atoms with Crippen molar-refractivity contribution in [2.24, 2.45) is 0 Å². The zero-order valence-corrected chi connectivity index (χ0v) is 11.7. The normalized spacial score (nSPS) is 10.3. The highest BCUT2D eigenvalue weighted by Crippen LogP contribution is 2.24. The molecule has 0 unspecified atom stereocenters. The van der Waals surface area contributed by atoms with Crippen molar-refractivity contribution in [3.8, 4) is 11.5 Å². The summed E-state index contributed by atoms with van der Waals surface area (Å²) in [6.45, 7) is 1.07. The molecule has 0 amide bonds. The highest BCUT2D eigenvalue weighted by molar-refractivity contribution is 5.40. The van der Waals surface area contributed by atoms with Crippen LogP contribution in [0.5, 0.6) is 11.5 Å². The Hall–Kier alpha value is -2.07. The molecule has 2 aromatic rings. The molecular formula is C16H18FNO2. The minimum Gasteiger partial charge on any atom is -0.497 e. The van der Waals surface area contributed by atoms with Gasteiger partial charge in [0.2, 0.25) is 0 Å². The topological polar surface area (TPSA) is 30.5 Å². The molecule has 106 valence electrons. The molecule has 0 aliphatic heterocycles. The van der Waals surface area contributed by atoms with Crippen LogP contribution >= 0.6 is 0 Å². The predicted molar refractivity (Wildman–Crippen MR) is 76.5 cm³/mol. The third-order valence-corrected chi connectivity index (χ3v) is 3.08. The van der Waals surface area contributed by atoms with Crippen LogP contribution in [0.3, 0.4) is 0 Å². The first kappa shape index (κ1) is 14.3. The Morgan fingerprint density at radius 1 is 0.950 bits per heavy atom. The van der Waals surface area contributed by atoms with Gasteiger partial charge in [0.1, 0.15) is 17.3 Å². The third-order valence-electron chi connectivity index (χ3n) is 3.08. The molecule has 0 aliphatic rings. The second kappa shape index (κ2) is 6.91. The molecule has 0 fully saturated rings. The second-order valence-corrected chi connectivity index (χ2v) is 4.37. The van der Waals surface area contributed by atoms with Crippen molar-refractivity contribution in [3.63, 3.8) is 0 Å². The van der Waals surface area contributed by atoms with E-state index in [2.05, 4.69) is 5.32 Å². The Balaban J connectivity index is 1.99. The lowest BCUT2D eigenvalue weighted by Crippen LogP contribution is -2.14. The summed E-state index contributed by atoms with van der Waals surface area (Å²) in [7, 11) is 3.24. The van der Waals surface area contributed by atoms with E-state index in [-0.39, 0.29) is 5.82 Å². The van der Waals surface area contributed by atoms with Gasteiger partial charge in [-0.05, 0) is 12.1 Å². The number of benzene rings is 2. The van der Waals surface area contributed by atoms with E-state index in [0.717, 1.165) is 17.1 Å². The van der Waals surface area contributed by atoms with Gasteiger partial charge in [-0.15, -0.1) is 0 Å². The van der Waals surface area contributed by atoms with Crippen molar-refractivity contribution in [3.05, 3.63) is 59.4 Å². The van der Waals surface area contributed by atoms with Crippen molar-refractivity contribution in [2.45, 2.75) is 13.1 Å². The molecule has 4 heteroatoms. The van der Waals surface area contributed by atoms with Gasteiger partial charge in [-0.3, -0.25) is 0 Å². The summed E-state index contributed by atoms with van der Waals surface area (Å²) in [4.78, 5) is 0. The molecule has 1 N–H and O–H groups in total. The van der Waals surface area contributed by atoms with Crippen molar-refractivity contribution in [2.75, 3.05) is 14.2 Å². The van der Waals surface area contributed by atoms with E-state index in [1.54, 1.807) is 26.4 Å². The standard InChI is InChI=1S/C16H18FNO2/c1-19-14-8-7-13(16(9-14)20-2)11-18-10-12-5-3-4-6-15(12)17/h3-9,18H,10-11H2,1-2H3. The van der Waals surface area contributed by atoms with Gasteiger partial charge < -0.3 is 14.8 Å². The number of ether oxygens (including phenoxy) is 2. The number of hydrogen-bond donors (Lipinski definition) is 1. The van der Waals surface area contributed by atoms with Gasteiger partial charge in [-0.25, -0.2) is 4.39 Å². The molecule has 0 bridgehead atoms. The molecular weight excluding hydrogens is 257 g/mol. The van der Waals surface area contributed by atoms with Crippen LogP contribution in [0.15, 0.2) is 42.5 Å². The fourth-order valence-corrected chi connectivity index (χ4v) is 1.97. The molecule has 2 rings (SSSR count). The Labute approximate surface area is 118 Å². The van der Waals surface area contributed by atoms with Gasteiger partial charge in [-0.2, -0.15) is 0 Å². The van der Waals surface area contributed by atoms with Gasteiger partial charge in [0.15, 0.2) is 0 Å². The maximum atomic E-state index is 13.5. The smallest absolute Gasteiger partial charge is 0.127 e. The van der Waals surface area contributed by atoms with E-state index in [1.165, 1.54) is 6.07 Å². The maximum Gasteiger partial charge on any atom is 0.127 e. The first-order valence-corrected chi connectivity index (χ1v) is 6.39. The van der Waals surface area contributed by atoms with Crippen LogP contribution in [0.2, 0.25) is 0 Å². The highest BCUT2D eigenvalue weighted by Gasteiger charge is 2.05. The van der Waals surface area contributed by atoms with Crippen LogP contribution < -0.4 is 14.8 Å². The fourth-order valence-electron chi connectivity index (χ4n) is 1.97. The molecule has 0 saturated heterocycles. The second-order valence-electron chi connectivity index (χ2n) is 4.37. The van der Waals surface area contributed by atoms with E-state index in [9.17, 15) is 4.39 Å². The minimum absolute atomic E-state index is 0.193. The molecule has 0 radical (unpaired) electrons. The third kappa shape index (κ3) is 3.48. The molecule has 2 aromatic carbocycles. The zero-order chi connectivity index (χ0) is 14.4. The summed E-state index contributed by atoms with van der Waals surface area (Å²) < 4.78 is 23.9. The summed E-state index contributed by atoms with van der Waals surface area (Å²) in [5.74, 6) is 1.31. The molecule has 3 nitrogen and oxygen atoms in total. The first-order chi connectivity index (χ1) is 9.74. The van der Waals surface area contributed by atoms with E-state index in [1.807, 2.05) is 24.3 Å². The van der Waals surface area contributed by atoms with Gasteiger partial charge in [-0.1, -0.05) is 24.3 Å². The molecule has 0 atom stereocenters. The van der Waals surface area contributed by atoms with Gasteiger partial charge in [0.25, 0.3) is 0 Å². The summed E-state index contributed by atoms with van der Waals surface area (Å²) >= 11 is 0. The van der Waals surface area contributed by atoms with Crippen molar-refractivity contribution >= 4 is 0 Å². The van der Waals surface area contributed by atoms with E-state index < -0.39 is 0 Å². The number of halogens is 1. The molecule has 0 spiro atoms. The van der Waals surface area contributed by atoms with Crippen molar-refractivity contribution < 1.29 is 13.9 Å². The Bertz CT molecular complexity index is 572. The van der Waals surface area contributed by atoms with Crippen LogP contribution in [0.1, 0.15) is 11.1 Å². The summed E-state index contributed by atoms with van der Waals surface area (Å²) in [5, 5.41) is 3.21. The van der Waals surface area contributed by atoms with Gasteiger partial charge in [0.05, 0.1) is 14.2 Å². The Morgan fingerprint density at radius 2 is 1.70 bits per heavy atom. The number of nitrogens with one attached hydrogen (secondary N) is 1. The first-order valence-electron chi connectivity index (χ1n) is 6.39. The zero-order valence-electron chi connectivity index (χ0n) is 11.7. The molecule has 0 saturated carbocycles. The molecule has 0 aliphatic carbocycles. The van der Waals surface area contributed by atoms with Crippen molar-refractivity contribution in [1.82, 2.24) is 5.32 Å². The molecule has 0 heterocycles. The average Bonchev–Trinajstić information content (AvgIpc) is 2.49. The number of rotatable bonds is 6. The fraction of sp³-hybridized carbons (Fsp3) is 0.250. The molecule has 20 heavy (non-hydrogen) atoms. The van der Waals surface area contributed by atoms with Crippen LogP contribution in [-0.4, -0.2) is 14.2 Å². The van der Waals surface area contributed by atoms with Crippen LogP contribution in [0.25, 0.3) is 0 Å². The average molecular weight is 275 g/mol. The summed E-state index contributed by atoms with van der Waals surface area (Å²) in [5.41, 5.74) is 1.66. The maximum absolute atomic E-state index is 13.5. The Kier molecular flexibility index (Phi) is 4.96. The van der Waals surface area contributed by atoms with Crippen LogP contribution in [0, 0.1) is 5.82 Å². The van der Waals surface area contributed by atoms with E-state index in [0.29, 0.717) is 18.7 Å². The highest BCUT2D eigenvalue weighted by atomic mass is 19.1. The van der Waals surface area contributed by atoms with Crippen LogP contribution in [-0.2, 0) is 13.1 Å². The lowest BCUT2D eigenvalue weighted by atomic mass is 10.1. The summed E-state index contributed by atoms with van der Waals surface area (Å²) in [6, 6.07) is 12.4. The van der Waals surface area contributed by atoms with E-state index in [4.69, 9.17) is 9.47 Å². The number of hydrogen-bond acceptors (Lipinski definition) is 3. The largest absolute Gasteiger partial charge is 0.497 e. The SMILES string of the molecule is COc1ccc(CNCc2ccccc2F)c(OC)c1. The number of methoxy groups -OCH3 is 2. The Morgan fingerprint density at radius 3 is 2.40 bits per heavy atom. The van der Waals surface area contributed by atoms with Crippen LogP contribution in [0.4, 0.5) is 4.39 Å². The quantitative estimate of drug-likeness (QED) is 0.878. The summed E-state index contributed by atoms with van der Waals surface area (Å²) in [6.07, 6.45) is 0. The van der Waals surface area contributed by atoms with Gasteiger partial charge >= 0.3 is 0 Å². The van der Waals surface area contributed by atoms with Crippen molar-refractivity contribution in [1.29, 1.82) is 0 Å². The lowest BCUT2D eigenvalue weighted by molar-refractivity contribution is 0.389. The minimum atomic E-state index is -0.193. The monoisotopic (exact) mass is 275 g/mol. The van der Waals surface area contributed by atoms with E-state index >= 15 is 0 Å². The predicted octanol–water partition coefficient (Wildman–Crippen LogP) is 3.13. The molecule has 0 aromatic heterocycles.